The number of nitrogens with one attached hydrogen (secondary N) is 2. The van der Waals surface area contributed by atoms with Crippen LogP contribution in [0.25, 0.3) is 0 Å². The summed E-state index contributed by atoms with van der Waals surface area (Å²) in [5.41, 5.74) is 2.20. The highest BCUT2D eigenvalue weighted by atomic mass is 19.1. The van der Waals surface area contributed by atoms with Gasteiger partial charge >= 0.3 is 0 Å². The van der Waals surface area contributed by atoms with Crippen molar-refractivity contribution in [1.29, 1.82) is 0 Å². The maximum absolute atomic E-state index is 13.1. The number of hydrogen-bond donors (Lipinski definition) is 2. The van der Waals surface area contributed by atoms with Crippen molar-refractivity contribution in [1.82, 2.24) is 25.3 Å². The Bertz CT molecular complexity index is 1270. The molecule has 3 aromatic rings. The number of aromatic nitrogens is 2. The van der Waals surface area contributed by atoms with E-state index in [1.165, 1.54) is 27.8 Å². The van der Waals surface area contributed by atoms with E-state index < -0.39 is 11.4 Å². The van der Waals surface area contributed by atoms with Gasteiger partial charge in [0.1, 0.15) is 17.1 Å². The Morgan fingerprint density at radius 2 is 1.83 bits per heavy atom. The van der Waals surface area contributed by atoms with Crippen LogP contribution in [0.1, 0.15) is 44.6 Å². The minimum atomic E-state index is -1.21. The lowest BCUT2D eigenvalue weighted by Gasteiger charge is -2.40. The molecule has 2 N–H and O–H groups in total. The summed E-state index contributed by atoms with van der Waals surface area (Å²) in [6, 6.07) is 15.2. The molecule has 9 heteroatoms. The van der Waals surface area contributed by atoms with Gasteiger partial charge in [0.15, 0.2) is 5.69 Å². The second-order valence-electron chi connectivity index (χ2n) is 8.95. The fraction of sp³-hybridized carbons (Fsp3) is 0.308. The van der Waals surface area contributed by atoms with Crippen LogP contribution in [0.3, 0.4) is 0 Å². The van der Waals surface area contributed by atoms with E-state index in [0.717, 1.165) is 16.7 Å². The normalized spacial score (nSPS) is 17.1. The van der Waals surface area contributed by atoms with Crippen molar-refractivity contribution in [3.05, 3.63) is 88.5 Å². The monoisotopic (exact) mass is 477 g/mol. The van der Waals surface area contributed by atoms with E-state index in [9.17, 15) is 18.8 Å². The zero-order valence-corrected chi connectivity index (χ0v) is 20.0. The van der Waals surface area contributed by atoms with Crippen molar-refractivity contribution < 1.29 is 18.8 Å². The molecule has 4 rings (SSSR count). The molecule has 2 heterocycles. The number of nitrogens with zero attached hydrogens (tertiary/aromatic N) is 3. The first kappa shape index (κ1) is 24.1. The molecule has 0 saturated heterocycles. The van der Waals surface area contributed by atoms with Gasteiger partial charge in [-0.25, -0.2) is 4.39 Å². The van der Waals surface area contributed by atoms with Crippen molar-refractivity contribution in [3.8, 4) is 0 Å². The Kier molecular flexibility index (Phi) is 6.68. The number of amides is 3. The highest BCUT2D eigenvalue weighted by molar-refractivity contribution is 6.01. The molecule has 8 nitrogen and oxygen atoms in total. The lowest BCUT2D eigenvalue weighted by atomic mass is 9.96. The minimum absolute atomic E-state index is 0.0936. The van der Waals surface area contributed by atoms with Gasteiger partial charge in [0.2, 0.25) is 5.91 Å². The van der Waals surface area contributed by atoms with E-state index in [4.69, 9.17) is 0 Å². The van der Waals surface area contributed by atoms with Gasteiger partial charge in [0.25, 0.3) is 11.8 Å². The molecule has 0 spiro atoms. The van der Waals surface area contributed by atoms with Crippen LogP contribution >= 0.6 is 0 Å². The van der Waals surface area contributed by atoms with Crippen molar-refractivity contribution in [2.45, 2.75) is 38.9 Å². The lowest BCUT2D eigenvalue weighted by molar-refractivity contribution is -0.132. The van der Waals surface area contributed by atoms with Crippen molar-refractivity contribution in [3.63, 3.8) is 0 Å². The largest absolute Gasteiger partial charge is 0.350 e. The van der Waals surface area contributed by atoms with E-state index >= 15 is 0 Å². The standard InChI is InChI=1S/C26H28FN5O3/c1-17-6-4-5-7-19(17)12-13-28-23(33)21-14-22-24(34)31(3)26(2,16-32(22)30-21)25(35)29-15-18-8-10-20(27)11-9-18/h4-11,14H,12-13,15-16H2,1-3H3,(H,28,33)(H,29,35)/t26-/m1/s1. The number of rotatable bonds is 7. The molecule has 0 bridgehead atoms. The molecule has 0 aliphatic carbocycles. The van der Waals surface area contributed by atoms with Crippen LogP contribution in [0.2, 0.25) is 0 Å². The van der Waals surface area contributed by atoms with Gasteiger partial charge in [-0.2, -0.15) is 5.10 Å². The van der Waals surface area contributed by atoms with Crippen LogP contribution < -0.4 is 10.6 Å². The number of carbonyl (C=O) groups excluding carboxylic acids is 3. The molecular weight excluding hydrogens is 449 g/mol. The Balaban J connectivity index is 1.42. The quantitative estimate of drug-likeness (QED) is 0.547. The summed E-state index contributed by atoms with van der Waals surface area (Å²) in [4.78, 5) is 40.2. The molecule has 0 saturated carbocycles. The van der Waals surface area contributed by atoms with E-state index in [2.05, 4.69) is 15.7 Å². The summed E-state index contributed by atoms with van der Waals surface area (Å²) in [5, 5.41) is 9.98. The van der Waals surface area contributed by atoms with Crippen LogP contribution in [-0.4, -0.2) is 51.5 Å². The fourth-order valence-corrected chi connectivity index (χ4v) is 4.11. The minimum Gasteiger partial charge on any atom is -0.350 e. The Labute approximate surface area is 203 Å². The third-order valence-corrected chi connectivity index (χ3v) is 6.53. The van der Waals surface area contributed by atoms with Crippen molar-refractivity contribution in [2.24, 2.45) is 0 Å². The number of benzene rings is 2. The second-order valence-corrected chi connectivity index (χ2v) is 8.95. The van der Waals surface area contributed by atoms with Gasteiger partial charge in [-0.05, 0) is 49.1 Å². The number of likely N-dealkylation sites (N-methyl/N-ethyl adjacent to an activating group) is 1. The van der Waals surface area contributed by atoms with Crippen molar-refractivity contribution >= 4 is 17.7 Å². The molecular formula is C26H28FN5O3. The lowest BCUT2D eigenvalue weighted by Crippen LogP contribution is -2.62. The smallest absolute Gasteiger partial charge is 0.272 e. The van der Waals surface area contributed by atoms with Gasteiger partial charge in [-0.15, -0.1) is 0 Å². The molecule has 2 aromatic carbocycles. The van der Waals surface area contributed by atoms with Gasteiger partial charge < -0.3 is 15.5 Å². The van der Waals surface area contributed by atoms with Crippen molar-refractivity contribution in [2.75, 3.05) is 13.6 Å². The summed E-state index contributed by atoms with van der Waals surface area (Å²) >= 11 is 0. The molecule has 1 aliphatic rings. The Morgan fingerprint density at radius 1 is 1.11 bits per heavy atom. The highest BCUT2D eigenvalue weighted by Crippen LogP contribution is 2.26. The maximum atomic E-state index is 13.1. The van der Waals surface area contributed by atoms with E-state index in [-0.39, 0.29) is 42.1 Å². The van der Waals surface area contributed by atoms with Crippen LogP contribution in [-0.2, 0) is 24.3 Å². The summed E-state index contributed by atoms with van der Waals surface area (Å²) < 4.78 is 14.5. The zero-order valence-electron chi connectivity index (χ0n) is 20.0. The van der Waals surface area contributed by atoms with Gasteiger partial charge in [-0.3, -0.25) is 19.1 Å². The first-order chi connectivity index (χ1) is 16.7. The molecule has 1 atom stereocenters. The maximum Gasteiger partial charge on any atom is 0.272 e. The average molecular weight is 478 g/mol. The van der Waals surface area contributed by atoms with Crippen LogP contribution in [0.5, 0.6) is 0 Å². The summed E-state index contributed by atoms with van der Waals surface area (Å²) in [7, 11) is 1.55. The first-order valence-electron chi connectivity index (χ1n) is 11.4. The number of halogens is 1. The highest BCUT2D eigenvalue weighted by Gasteiger charge is 2.46. The summed E-state index contributed by atoms with van der Waals surface area (Å²) in [5.74, 6) is -1.51. The SMILES string of the molecule is Cc1ccccc1CCNC(=O)c1cc2n(n1)C[C@](C)(C(=O)NCc1ccc(F)cc1)N(C)C2=O. The van der Waals surface area contributed by atoms with Gasteiger partial charge in [-0.1, -0.05) is 36.4 Å². The van der Waals surface area contributed by atoms with Crippen LogP contribution in [0.15, 0.2) is 54.6 Å². The van der Waals surface area contributed by atoms with E-state index in [0.29, 0.717) is 13.0 Å². The summed E-state index contributed by atoms with van der Waals surface area (Å²) in [6.45, 7) is 4.39. The predicted molar refractivity (Wildman–Crippen MR) is 128 cm³/mol. The Morgan fingerprint density at radius 3 is 2.54 bits per heavy atom. The number of carbonyl (C=O) groups is 3. The number of hydrogen-bond acceptors (Lipinski definition) is 4. The second kappa shape index (κ2) is 9.69. The topological polar surface area (TPSA) is 96.3 Å². The van der Waals surface area contributed by atoms with E-state index in [1.54, 1.807) is 26.1 Å². The molecule has 0 unspecified atom stereocenters. The zero-order chi connectivity index (χ0) is 25.2. The molecule has 1 aliphatic heterocycles. The molecule has 35 heavy (non-hydrogen) atoms. The average Bonchev–Trinajstić information content (AvgIpc) is 3.27. The first-order valence-corrected chi connectivity index (χ1v) is 11.4. The number of aryl methyl sites for hydroxylation is 1. The molecule has 1 aromatic heterocycles. The Hall–Kier alpha value is -4.01. The summed E-state index contributed by atoms with van der Waals surface area (Å²) in [6.07, 6.45) is 0.681. The molecule has 0 radical (unpaired) electrons. The molecule has 3 amide bonds. The third kappa shape index (κ3) is 4.94. The van der Waals surface area contributed by atoms with Gasteiger partial charge in [0.05, 0.1) is 6.54 Å². The van der Waals surface area contributed by atoms with Crippen LogP contribution in [0.4, 0.5) is 4.39 Å². The fourth-order valence-electron chi connectivity index (χ4n) is 4.11. The third-order valence-electron chi connectivity index (χ3n) is 6.53. The van der Waals surface area contributed by atoms with Crippen LogP contribution in [0, 0.1) is 12.7 Å². The molecule has 182 valence electrons. The number of fused-ring (bicyclic) bond motifs is 1. The predicted octanol–water partition coefficient (Wildman–Crippen LogP) is 2.46. The van der Waals surface area contributed by atoms with E-state index in [1.807, 2.05) is 31.2 Å². The molecule has 0 fully saturated rings. The van der Waals surface area contributed by atoms with Gasteiger partial charge in [0, 0.05) is 26.2 Å².